The molecule has 3 N–H and O–H groups in total. The maximum atomic E-state index is 13.3. The average molecular weight is 319 g/mol. The van der Waals surface area contributed by atoms with E-state index in [1.54, 1.807) is 24.5 Å². The van der Waals surface area contributed by atoms with E-state index in [2.05, 4.69) is 20.3 Å². The summed E-state index contributed by atoms with van der Waals surface area (Å²) in [6, 6.07) is 6.18. The minimum atomic E-state index is -0.299. The number of benzene rings is 1. The number of nitrogens with zero attached hydrogens (tertiary/aromatic N) is 3. The summed E-state index contributed by atoms with van der Waals surface area (Å²) < 4.78 is 13.3. The second kappa shape index (κ2) is 5.73. The number of halogens is 1. The lowest BCUT2D eigenvalue weighted by molar-refractivity contribution is 0.628. The summed E-state index contributed by atoms with van der Waals surface area (Å²) in [5, 5.41) is 3.18. The molecule has 2 aromatic heterocycles. The van der Waals surface area contributed by atoms with Gasteiger partial charge in [-0.15, -0.1) is 0 Å². The molecule has 0 saturated heterocycles. The fourth-order valence-corrected chi connectivity index (χ4v) is 2.77. The van der Waals surface area contributed by atoms with Gasteiger partial charge in [0, 0.05) is 41.8 Å². The molecule has 1 aliphatic rings. The molecule has 5 nitrogen and oxygen atoms in total. The first-order valence-electron chi connectivity index (χ1n) is 7.50. The smallest absolute Gasteiger partial charge is 0.152 e. The molecule has 0 saturated carbocycles. The second-order valence-electron chi connectivity index (χ2n) is 5.39. The number of aromatic nitrogens is 3. The van der Waals surface area contributed by atoms with Crippen LogP contribution in [0.5, 0.6) is 0 Å². The van der Waals surface area contributed by atoms with E-state index >= 15 is 0 Å². The molecule has 0 aliphatic carbocycles. The van der Waals surface area contributed by atoms with Crippen molar-refractivity contribution in [3.05, 3.63) is 66.4 Å². The van der Waals surface area contributed by atoms with Crippen LogP contribution in [0.25, 0.3) is 27.9 Å². The zero-order valence-electron chi connectivity index (χ0n) is 12.7. The van der Waals surface area contributed by atoms with Crippen molar-refractivity contribution in [1.82, 2.24) is 20.3 Å². The lowest BCUT2D eigenvalue weighted by atomic mass is 9.97. The van der Waals surface area contributed by atoms with Crippen molar-refractivity contribution >= 4 is 22.4 Å². The standard InChI is InChI=1S/C18H14FN5/c19-13-5-3-11(4-6-13)15-14(12-2-1-7-21-10-12)16-17(18(20)24-15)23-9-8-22-16/h1-6,8-10,21H,7H2,(H2,20,24). The van der Waals surface area contributed by atoms with E-state index in [0.29, 0.717) is 22.5 Å². The van der Waals surface area contributed by atoms with E-state index < -0.39 is 0 Å². The summed E-state index contributed by atoms with van der Waals surface area (Å²) in [6.07, 6.45) is 9.15. The van der Waals surface area contributed by atoms with Gasteiger partial charge in [-0.05, 0) is 24.3 Å². The topological polar surface area (TPSA) is 76.7 Å². The molecule has 3 aromatic rings. The molecule has 0 spiro atoms. The molecular formula is C18H14FN5. The van der Waals surface area contributed by atoms with Gasteiger partial charge in [0.05, 0.1) is 5.69 Å². The van der Waals surface area contributed by atoms with Crippen molar-refractivity contribution in [3.63, 3.8) is 0 Å². The first-order chi connectivity index (χ1) is 11.7. The van der Waals surface area contributed by atoms with Crippen molar-refractivity contribution in [2.45, 2.75) is 0 Å². The zero-order chi connectivity index (χ0) is 16.5. The van der Waals surface area contributed by atoms with Gasteiger partial charge in [0.15, 0.2) is 5.82 Å². The van der Waals surface area contributed by atoms with Crippen LogP contribution in [0.1, 0.15) is 5.56 Å². The summed E-state index contributed by atoms with van der Waals surface area (Å²) in [4.78, 5) is 13.3. The Morgan fingerprint density at radius 2 is 1.79 bits per heavy atom. The highest BCUT2D eigenvalue weighted by molar-refractivity contribution is 6.01. The number of nitrogens with two attached hydrogens (primary N) is 1. The Kier molecular flexibility index (Phi) is 3.42. The maximum absolute atomic E-state index is 13.3. The van der Waals surface area contributed by atoms with E-state index in [4.69, 9.17) is 5.73 Å². The van der Waals surface area contributed by atoms with Crippen molar-refractivity contribution in [2.24, 2.45) is 0 Å². The molecule has 0 bridgehead atoms. The van der Waals surface area contributed by atoms with Crippen LogP contribution in [0.4, 0.5) is 10.2 Å². The van der Waals surface area contributed by atoms with Crippen LogP contribution < -0.4 is 11.1 Å². The predicted octanol–water partition coefficient (Wildman–Crippen LogP) is 2.91. The third-order valence-corrected chi connectivity index (χ3v) is 3.84. The van der Waals surface area contributed by atoms with Gasteiger partial charge in [-0.1, -0.05) is 12.2 Å². The molecular weight excluding hydrogens is 305 g/mol. The number of dihydropyridines is 1. The molecule has 1 aliphatic heterocycles. The van der Waals surface area contributed by atoms with Crippen LogP contribution in [0, 0.1) is 5.82 Å². The fourth-order valence-electron chi connectivity index (χ4n) is 2.77. The summed E-state index contributed by atoms with van der Waals surface area (Å²) in [5.41, 5.74) is 10.5. The number of rotatable bonds is 2. The summed E-state index contributed by atoms with van der Waals surface area (Å²) >= 11 is 0. The van der Waals surface area contributed by atoms with Gasteiger partial charge in [0.1, 0.15) is 16.9 Å². The van der Waals surface area contributed by atoms with E-state index in [0.717, 1.165) is 23.2 Å². The Balaban J connectivity index is 2.06. The SMILES string of the molecule is Nc1nc(-c2ccc(F)cc2)c(C2=CNCC=C2)c2nccnc12. The summed E-state index contributed by atoms with van der Waals surface area (Å²) in [5.74, 6) is 0.00169. The number of fused-ring (bicyclic) bond motifs is 1. The first kappa shape index (κ1) is 14.3. The van der Waals surface area contributed by atoms with Crippen molar-refractivity contribution in [3.8, 4) is 11.3 Å². The van der Waals surface area contributed by atoms with Crippen LogP contribution >= 0.6 is 0 Å². The third kappa shape index (κ3) is 2.38. The van der Waals surface area contributed by atoms with Gasteiger partial charge in [-0.25, -0.2) is 14.4 Å². The Hall–Kier alpha value is -3.28. The highest BCUT2D eigenvalue weighted by Gasteiger charge is 2.19. The monoisotopic (exact) mass is 319 g/mol. The normalized spacial score (nSPS) is 13.6. The molecule has 3 heterocycles. The number of nitrogens with one attached hydrogen (secondary N) is 1. The van der Waals surface area contributed by atoms with Crippen LogP contribution in [-0.4, -0.2) is 21.5 Å². The van der Waals surface area contributed by atoms with E-state index in [1.165, 1.54) is 12.1 Å². The van der Waals surface area contributed by atoms with Crippen LogP contribution in [0.15, 0.2) is 55.0 Å². The molecule has 4 rings (SSSR count). The minimum absolute atomic E-state index is 0.299. The lowest BCUT2D eigenvalue weighted by Crippen LogP contribution is -2.10. The van der Waals surface area contributed by atoms with Crippen LogP contribution in [0.2, 0.25) is 0 Å². The van der Waals surface area contributed by atoms with Crippen molar-refractivity contribution in [2.75, 3.05) is 12.3 Å². The Labute approximate surface area is 137 Å². The highest BCUT2D eigenvalue weighted by Crippen LogP contribution is 2.35. The summed E-state index contributed by atoms with van der Waals surface area (Å²) in [7, 11) is 0. The van der Waals surface area contributed by atoms with Crippen molar-refractivity contribution in [1.29, 1.82) is 0 Å². The zero-order valence-corrected chi connectivity index (χ0v) is 12.7. The number of hydrogen-bond acceptors (Lipinski definition) is 5. The third-order valence-electron chi connectivity index (χ3n) is 3.84. The number of hydrogen-bond donors (Lipinski definition) is 2. The Bertz CT molecular complexity index is 977. The van der Waals surface area contributed by atoms with Gasteiger partial charge in [0.25, 0.3) is 0 Å². The Morgan fingerprint density at radius 1 is 1.04 bits per heavy atom. The minimum Gasteiger partial charge on any atom is -0.387 e. The maximum Gasteiger partial charge on any atom is 0.152 e. The predicted molar refractivity (Wildman–Crippen MR) is 92.3 cm³/mol. The largest absolute Gasteiger partial charge is 0.387 e. The molecule has 0 atom stereocenters. The van der Waals surface area contributed by atoms with Gasteiger partial charge in [-0.3, -0.25) is 4.98 Å². The van der Waals surface area contributed by atoms with Gasteiger partial charge < -0.3 is 11.1 Å². The quantitative estimate of drug-likeness (QED) is 0.759. The average Bonchev–Trinajstić information content (AvgIpc) is 2.63. The summed E-state index contributed by atoms with van der Waals surface area (Å²) in [6.45, 7) is 0.765. The number of pyridine rings is 1. The molecule has 118 valence electrons. The van der Waals surface area contributed by atoms with Crippen molar-refractivity contribution < 1.29 is 4.39 Å². The number of nitrogen functional groups attached to an aromatic ring is 1. The molecule has 0 amide bonds. The number of anilines is 1. The Morgan fingerprint density at radius 3 is 2.50 bits per heavy atom. The highest BCUT2D eigenvalue weighted by atomic mass is 19.1. The second-order valence-corrected chi connectivity index (χ2v) is 5.39. The first-order valence-corrected chi connectivity index (χ1v) is 7.50. The van der Waals surface area contributed by atoms with E-state index in [9.17, 15) is 4.39 Å². The number of allylic oxidation sites excluding steroid dienone is 2. The van der Waals surface area contributed by atoms with E-state index in [-0.39, 0.29) is 5.82 Å². The fraction of sp³-hybridized carbons (Fsp3) is 0.0556. The molecule has 0 fully saturated rings. The lowest BCUT2D eigenvalue weighted by Gasteiger charge is -2.16. The van der Waals surface area contributed by atoms with Gasteiger partial charge in [-0.2, -0.15) is 0 Å². The van der Waals surface area contributed by atoms with Crippen LogP contribution in [0.3, 0.4) is 0 Å². The molecule has 6 heteroatoms. The van der Waals surface area contributed by atoms with E-state index in [1.807, 2.05) is 18.4 Å². The van der Waals surface area contributed by atoms with Crippen LogP contribution in [-0.2, 0) is 0 Å². The molecule has 0 radical (unpaired) electrons. The van der Waals surface area contributed by atoms with Gasteiger partial charge >= 0.3 is 0 Å². The molecule has 1 aromatic carbocycles. The molecule has 24 heavy (non-hydrogen) atoms. The van der Waals surface area contributed by atoms with Gasteiger partial charge in [0.2, 0.25) is 0 Å². The molecule has 0 unspecified atom stereocenters.